The average Bonchev–Trinajstić information content (AvgIpc) is 3.03. The molecule has 0 saturated carbocycles. The maximum atomic E-state index is 13.8. The standard InChI is InChI=1S/C34H42N4O4/c1-4-26-14-10-15-27(5-2)31(26)37-34(41)36-30(22-24-11-7-6-8-12-24)33(40)38-19-17-28(18-20-38)32(39)35-23-25-13-9-16-29(21-25)42-3/h6-16,21,28,30H,4-5,17-20,22-23H2,1-3H3,(H,35,39)(H2,36,37,41)/t30-/m1/s1. The van der Waals surface area contributed by atoms with Gasteiger partial charge in [-0.25, -0.2) is 4.79 Å². The molecule has 0 aromatic heterocycles. The summed E-state index contributed by atoms with van der Waals surface area (Å²) in [5.74, 6) is 0.441. The highest BCUT2D eigenvalue weighted by Gasteiger charge is 2.32. The molecule has 1 aliphatic rings. The molecule has 1 atom stereocenters. The predicted molar refractivity (Wildman–Crippen MR) is 165 cm³/mol. The van der Waals surface area contributed by atoms with Crippen LogP contribution in [0.2, 0.25) is 0 Å². The number of nitrogens with one attached hydrogen (secondary N) is 3. The first-order chi connectivity index (χ1) is 20.4. The van der Waals surface area contributed by atoms with Gasteiger partial charge in [-0.2, -0.15) is 0 Å². The van der Waals surface area contributed by atoms with E-state index in [-0.39, 0.29) is 17.7 Å². The molecule has 0 radical (unpaired) electrons. The maximum Gasteiger partial charge on any atom is 0.319 e. The second-order valence-electron chi connectivity index (χ2n) is 10.7. The van der Waals surface area contributed by atoms with Crippen molar-refractivity contribution in [1.29, 1.82) is 0 Å². The van der Waals surface area contributed by atoms with Crippen LogP contribution in [0.4, 0.5) is 10.5 Å². The lowest BCUT2D eigenvalue weighted by Crippen LogP contribution is -2.53. The van der Waals surface area contributed by atoms with Gasteiger partial charge in [-0.3, -0.25) is 9.59 Å². The largest absolute Gasteiger partial charge is 0.497 e. The fourth-order valence-corrected chi connectivity index (χ4v) is 5.46. The van der Waals surface area contributed by atoms with Crippen molar-refractivity contribution in [3.8, 4) is 5.75 Å². The van der Waals surface area contributed by atoms with Crippen LogP contribution in [0.5, 0.6) is 5.75 Å². The number of carbonyl (C=O) groups is 3. The first-order valence-corrected chi connectivity index (χ1v) is 14.8. The van der Waals surface area contributed by atoms with E-state index in [1.807, 2.05) is 72.8 Å². The number of aryl methyl sites for hydroxylation is 2. The summed E-state index contributed by atoms with van der Waals surface area (Å²) in [7, 11) is 1.62. The van der Waals surface area contributed by atoms with Crippen LogP contribution in [0.1, 0.15) is 48.9 Å². The number of likely N-dealkylation sites (tertiary alicyclic amines) is 1. The van der Waals surface area contributed by atoms with E-state index >= 15 is 0 Å². The molecule has 1 aliphatic heterocycles. The Morgan fingerprint density at radius 3 is 2.17 bits per heavy atom. The highest BCUT2D eigenvalue weighted by atomic mass is 16.5. The van der Waals surface area contributed by atoms with Crippen molar-refractivity contribution in [3.05, 3.63) is 95.1 Å². The van der Waals surface area contributed by atoms with Gasteiger partial charge >= 0.3 is 6.03 Å². The Balaban J connectivity index is 1.38. The van der Waals surface area contributed by atoms with Crippen LogP contribution in [0.25, 0.3) is 0 Å². The number of ether oxygens (including phenoxy) is 1. The second kappa shape index (κ2) is 15.1. The molecule has 8 nitrogen and oxygen atoms in total. The van der Waals surface area contributed by atoms with Crippen LogP contribution >= 0.6 is 0 Å². The Kier molecular flexibility index (Phi) is 11.0. The van der Waals surface area contributed by atoms with Crippen molar-refractivity contribution < 1.29 is 19.1 Å². The van der Waals surface area contributed by atoms with Gasteiger partial charge in [0.1, 0.15) is 11.8 Å². The lowest BCUT2D eigenvalue weighted by molar-refractivity contribution is -0.137. The third-order valence-electron chi connectivity index (χ3n) is 7.90. The molecular weight excluding hydrogens is 528 g/mol. The highest BCUT2D eigenvalue weighted by molar-refractivity contribution is 5.95. The smallest absolute Gasteiger partial charge is 0.319 e. The number of hydrogen-bond acceptors (Lipinski definition) is 4. The molecule has 4 amide bonds. The minimum Gasteiger partial charge on any atom is -0.497 e. The van der Waals surface area contributed by atoms with Crippen molar-refractivity contribution in [2.24, 2.45) is 5.92 Å². The molecule has 222 valence electrons. The highest BCUT2D eigenvalue weighted by Crippen LogP contribution is 2.23. The lowest BCUT2D eigenvalue weighted by atomic mass is 9.94. The van der Waals surface area contributed by atoms with Crippen molar-refractivity contribution in [2.75, 3.05) is 25.5 Å². The van der Waals surface area contributed by atoms with E-state index < -0.39 is 12.1 Å². The van der Waals surface area contributed by atoms with Gasteiger partial charge in [0.2, 0.25) is 11.8 Å². The molecule has 3 aromatic carbocycles. The number of rotatable bonds is 11. The van der Waals surface area contributed by atoms with Gasteiger partial charge in [0.05, 0.1) is 7.11 Å². The number of piperidine rings is 1. The Bertz CT molecular complexity index is 1330. The SMILES string of the molecule is CCc1cccc(CC)c1NC(=O)N[C@H](Cc1ccccc1)C(=O)N1CCC(C(=O)NCc2cccc(OC)c2)CC1. The number of carbonyl (C=O) groups excluding carboxylic acids is 3. The number of nitrogens with zero attached hydrogens (tertiary/aromatic N) is 1. The Morgan fingerprint density at radius 1 is 0.881 bits per heavy atom. The molecule has 0 bridgehead atoms. The minimum atomic E-state index is -0.732. The Labute approximate surface area is 248 Å². The lowest BCUT2D eigenvalue weighted by Gasteiger charge is -2.34. The number of hydrogen-bond donors (Lipinski definition) is 3. The average molecular weight is 571 g/mol. The van der Waals surface area contributed by atoms with Gasteiger partial charge in [-0.15, -0.1) is 0 Å². The number of amides is 4. The van der Waals surface area contributed by atoms with E-state index in [0.29, 0.717) is 38.9 Å². The van der Waals surface area contributed by atoms with Gasteiger partial charge in [-0.1, -0.05) is 74.5 Å². The van der Waals surface area contributed by atoms with Gasteiger partial charge < -0.3 is 25.6 Å². The van der Waals surface area contributed by atoms with E-state index in [0.717, 1.165) is 46.5 Å². The van der Waals surface area contributed by atoms with Crippen LogP contribution in [-0.2, 0) is 35.4 Å². The minimum absolute atomic E-state index is 0.00965. The number of methoxy groups -OCH3 is 1. The summed E-state index contributed by atoms with van der Waals surface area (Å²) in [5.41, 5.74) is 4.86. The molecule has 1 saturated heterocycles. The second-order valence-corrected chi connectivity index (χ2v) is 10.7. The molecule has 8 heteroatoms. The van der Waals surface area contributed by atoms with Crippen LogP contribution in [-0.4, -0.2) is 49.0 Å². The van der Waals surface area contributed by atoms with E-state index in [9.17, 15) is 14.4 Å². The van der Waals surface area contributed by atoms with Crippen molar-refractivity contribution >= 4 is 23.5 Å². The third kappa shape index (κ3) is 8.12. The van der Waals surface area contributed by atoms with Crippen LogP contribution in [0.3, 0.4) is 0 Å². The van der Waals surface area contributed by atoms with Gasteiger partial charge in [-0.05, 0) is 60.1 Å². The summed E-state index contributed by atoms with van der Waals surface area (Å²) in [4.78, 5) is 41.7. The van der Waals surface area contributed by atoms with E-state index in [2.05, 4.69) is 29.8 Å². The molecule has 1 heterocycles. The summed E-state index contributed by atoms with van der Waals surface area (Å²) in [6, 6.07) is 22.2. The number of para-hydroxylation sites is 1. The van der Waals surface area contributed by atoms with Crippen molar-refractivity contribution in [2.45, 2.75) is 58.5 Å². The molecular formula is C34H42N4O4. The summed E-state index contributed by atoms with van der Waals surface area (Å²) < 4.78 is 5.26. The zero-order valence-corrected chi connectivity index (χ0v) is 24.8. The number of benzene rings is 3. The number of anilines is 1. The zero-order chi connectivity index (χ0) is 29.9. The Hall–Kier alpha value is -4.33. The summed E-state index contributed by atoms with van der Waals surface area (Å²) in [6.07, 6.45) is 3.10. The van der Waals surface area contributed by atoms with Gasteiger partial charge in [0.15, 0.2) is 0 Å². The van der Waals surface area contributed by atoms with Crippen molar-refractivity contribution in [1.82, 2.24) is 15.5 Å². The maximum absolute atomic E-state index is 13.8. The molecule has 4 rings (SSSR count). The molecule has 1 fully saturated rings. The first-order valence-electron chi connectivity index (χ1n) is 14.8. The van der Waals surface area contributed by atoms with E-state index in [1.54, 1.807) is 12.0 Å². The van der Waals surface area contributed by atoms with Crippen LogP contribution < -0.4 is 20.7 Å². The van der Waals surface area contributed by atoms with E-state index in [1.165, 1.54) is 0 Å². The van der Waals surface area contributed by atoms with Gasteiger partial charge in [0.25, 0.3) is 0 Å². The summed E-state index contributed by atoms with van der Waals surface area (Å²) >= 11 is 0. The monoisotopic (exact) mass is 570 g/mol. The van der Waals surface area contributed by atoms with Crippen LogP contribution in [0, 0.1) is 5.92 Å². The third-order valence-corrected chi connectivity index (χ3v) is 7.90. The molecule has 42 heavy (non-hydrogen) atoms. The molecule has 3 aromatic rings. The predicted octanol–water partition coefficient (Wildman–Crippen LogP) is 5.11. The topological polar surface area (TPSA) is 99.8 Å². The molecule has 0 unspecified atom stereocenters. The number of urea groups is 1. The van der Waals surface area contributed by atoms with E-state index in [4.69, 9.17) is 4.74 Å². The zero-order valence-electron chi connectivity index (χ0n) is 24.8. The van der Waals surface area contributed by atoms with Crippen molar-refractivity contribution in [3.63, 3.8) is 0 Å². The summed E-state index contributed by atoms with van der Waals surface area (Å²) in [6.45, 7) is 5.46. The molecule has 0 spiro atoms. The quantitative estimate of drug-likeness (QED) is 0.298. The Morgan fingerprint density at radius 2 is 1.52 bits per heavy atom. The fraction of sp³-hybridized carbons (Fsp3) is 0.382. The molecule has 3 N–H and O–H groups in total. The molecule has 0 aliphatic carbocycles. The van der Waals surface area contributed by atoms with Crippen LogP contribution in [0.15, 0.2) is 72.8 Å². The fourth-order valence-electron chi connectivity index (χ4n) is 5.46. The summed E-state index contributed by atoms with van der Waals surface area (Å²) in [5, 5.41) is 9.02. The normalized spacial score (nSPS) is 14.1. The van der Waals surface area contributed by atoms with Gasteiger partial charge in [0, 0.05) is 37.7 Å². The first kappa shape index (κ1) is 30.6.